The molecule has 0 heterocycles. The van der Waals surface area contributed by atoms with E-state index in [-0.39, 0.29) is 11.6 Å². The van der Waals surface area contributed by atoms with Crippen LogP contribution in [0.5, 0.6) is 5.75 Å². The van der Waals surface area contributed by atoms with Crippen molar-refractivity contribution in [2.24, 2.45) is 4.99 Å². The van der Waals surface area contributed by atoms with Crippen LogP contribution in [0.25, 0.3) is 0 Å². The predicted molar refractivity (Wildman–Crippen MR) is 99.3 cm³/mol. The first-order chi connectivity index (χ1) is 10.9. The lowest BCUT2D eigenvalue weighted by Crippen LogP contribution is -2.36. The Hall–Kier alpha value is -1.16. The zero-order valence-corrected chi connectivity index (χ0v) is 16.9. The Kier molecular flexibility index (Phi) is 6.80. The highest BCUT2D eigenvalue weighted by Crippen LogP contribution is 2.43. The van der Waals surface area contributed by atoms with E-state index in [9.17, 15) is 9.46 Å². The van der Waals surface area contributed by atoms with Crippen molar-refractivity contribution in [1.82, 2.24) is 0 Å². The standard InChI is InChI=1S/C18H31N2O3P/c1-8-24(21,22)23-17-15(14-19-12-13-20(5,6)7)10-9-11-16(17)18(2,3)4/h9-11,14H,8,12-13H2,1-7H3. The van der Waals surface area contributed by atoms with Crippen molar-refractivity contribution in [3.8, 4) is 5.75 Å². The molecule has 1 unspecified atom stereocenters. The molecule has 0 saturated carbocycles. The molecule has 0 aromatic heterocycles. The summed E-state index contributed by atoms with van der Waals surface area (Å²) in [7, 11) is 2.43. The van der Waals surface area contributed by atoms with Gasteiger partial charge < -0.3 is 13.9 Å². The number of rotatable bonds is 7. The summed E-state index contributed by atoms with van der Waals surface area (Å²) in [5.74, 6) is 0.402. The van der Waals surface area contributed by atoms with Crippen LogP contribution in [0.1, 0.15) is 38.8 Å². The summed E-state index contributed by atoms with van der Waals surface area (Å²) >= 11 is 0. The van der Waals surface area contributed by atoms with Crippen molar-refractivity contribution in [1.29, 1.82) is 0 Å². The van der Waals surface area contributed by atoms with Crippen LogP contribution in [0.3, 0.4) is 0 Å². The average Bonchev–Trinajstić information content (AvgIpc) is 2.42. The minimum Gasteiger partial charge on any atom is -0.769 e. The highest BCUT2D eigenvalue weighted by molar-refractivity contribution is 7.51. The normalized spacial score (nSPS) is 15.5. The lowest BCUT2D eigenvalue weighted by Gasteiger charge is -2.29. The second-order valence-corrected chi connectivity index (χ2v) is 10.1. The minimum absolute atomic E-state index is 0.0381. The maximum atomic E-state index is 12.0. The topological polar surface area (TPSA) is 61.7 Å². The number of hydrogen-bond donors (Lipinski definition) is 0. The van der Waals surface area contributed by atoms with Crippen molar-refractivity contribution < 1.29 is 18.5 Å². The zero-order valence-electron chi connectivity index (χ0n) is 16.0. The van der Waals surface area contributed by atoms with Gasteiger partial charge in [-0.1, -0.05) is 39.8 Å². The first-order valence-electron chi connectivity index (χ1n) is 8.29. The third-order valence-corrected chi connectivity index (χ3v) is 4.84. The number of nitrogens with zero attached hydrogens (tertiary/aromatic N) is 2. The fourth-order valence-electron chi connectivity index (χ4n) is 2.07. The van der Waals surface area contributed by atoms with E-state index in [1.54, 1.807) is 13.1 Å². The molecule has 6 heteroatoms. The summed E-state index contributed by atoms with van der Waals surface area (Å²) in [6.45, 7) is 9.27. The molecule has 0 aliphatic rings. The fraction of sp³-hybridized carbons (Fsp3) is 0.611. The van der Waals surface area contributed by atoms with Crippen molar-refractivity contribution >= 4 is 13.8 Å². The fourth-order valence-corrected chi connectivity index (χ4v) is 2.68. The van der Waals surface area contributed by atoms with Crippen molar-refractivity contribution in [3.63, 3.8) is 0 Å². The Balaban J connectivity index is 3.19. The van der Waals surface area contributed by atoms with E-state index in [2.05, 4.69) is 26.1 Å². The van der Waals surface area contributed by atoms with Gasteiger partial charge in [0, 0.05) is 23.5 Å². The van der Waals surface area contributed by atoms with Gasteiger partial charge in [-0.05, 0) is 11.5 Å². The minimum atomic E-state index is -3.90. The Labute approximate surface area is 146 Å². The van der Waals surface area contributed by atoms with E-state index in [1.165, 1.54) is 0 Å². The molecule has 0 saturated heterocycles. The molecule has 0 spiro atoms. The van der Waals surface area contributed by atoms with E-state index in [0.717, 1.165) is 16.6 Å². The molecule has 1 aromatic rings. The third kappa shape index (κ3) is 6.76. The van der Waals surface area contributed by atoms with Crippen LogP contribution in [0.15, 0.2) is 23.2 Å². The van der Waals surface area contributed by atoms with Crippen LogP contribution < -0.4 is 9.42 Å². The first kappa shape index (κ1) is 20.9. The van der Waals surface area contributed by atoms with E-state index in [4.69, 9.17) is 4.52 Å². The molecule has 0 bridgehead atoms. The molecule has 24 heavy (non-hydrogen) atoms. The van der Waals surface area contributed by atoms with Crippen LogP contribution in [0, 0.1) is 0 Å². The molecule has 5 nitrogen and oxygen atoms in total. The lowest BCUT2D eigenvalue weighted by atomic mass is 9.85. The number of benzene rings is 1. The summed E-state index contributed by atoms with van der Waals surface area (Å²) in [6, 6.07) is 5.67. The maximum Gasteiger partial charge on any atom is 0.184 e. The zero-order chi connectivity index (χ0) is 18.6. The highest BCUT2D eigenvalue weighted by Gasteiger charge is 2.23. The molecule has 0 fully saturated rings. The summed E-state index contributed by atoms with van der Waals surface area (Å²) < 4.78 is 18.3. The molecule has 1 rings (SSSR count). The molecular weight excluding hydrogens is 323 g/mol. The summed E-state index contributed by atoms with van der Waals surface area (Å²) in [5.41, 5.74) is 1.34. The highest BCUT2D eigenvalue weighted by atomic mass is 31.2. The number of hydrogen-bond acceptors (Lipinski definition) is 4. The number of aliphatic imine (C=N–C) groups is 1. The van der Waals surface area contributed by atoms with Gasteiger partial charge in [0.1, 0.15) is 5.75 Å². The Morgan fingerprint density at radius 1 is 1.29 bits per heavy atom. The van der Waals surface area contributed by atoms with Gasteiger partial charge >= 0.3 is 0 Å². The van der Waals surface area contributed by atoms with Crippen molar-refractivity contribution in [2.45, 2.75) is 33.1 Å². The molecule has 1 aromatic carbocycles. The second kappa shape index (κ2) is 7.81. The van der Waals surface area contributed by atoms with Crippen LogP contribution in [-0.2, 0) is 9.98 Å². The Bertz CT molecular complexity index is 628. The molecule has 0 aliphatic carbocycles. The molecule has 136 valence electrons. The van der Waals surface area contributed by atoms with Gasteiger partial charge in [-0.2, -0.15) is 0 Å². The third-order valence-electron chi connectivity index (χ3n) is 3.60. The number of para-hydroxylation sites is 1. The van der Waals surface area contributed by atoms with E-state index >= 15 is 0 Å². The summed E-state index contributed by atoms with van der Waals surface area (Å²) in [4.78, 5) is 16.5. The summed E-state index contributed by atoms with van der Waals surface area (Å²) in [5, 5.41) is 0. The van der Waals surface area contributed by atoms with Crippen LogP contribution in [-0.4, -0.2) is 51.1 Å². The number of quaternary nitrogens is 1. The Morgan fingerprint density at radius 3 is 2.42 bits per heavy atom. The smallest absolute Gasteiger partial charge is 0.184 e. The first-order valence-corrected chi connectivity index (χ1v) is 10.0. The van der Waals surface area contributed by atoms with E-state index in [0.29, 0.717) is 17.9 Å². The molecule has 1 atom stereocenters. The molecule has 0 aliphatic heterocycles. The van der Waals surface area contributed by atoms with Crippen molar-refractivity contribution in [2.75, 3.05) is 40.4 Å². The largest absolute Gasteiger partial charge is 0.769 e. The number of likely N-dealkylation sites (N-methyl/N-ethyl adjacent to an activating group) is 1. The summed E-state index contributed by atoms with van der Waals surface area (Å²) in [6.07, 6.45) is 1.68. The second-order valence-electron chi connectivity index (χ2n) is 8.04. The van der Waals surface area contributed by atoms with E-state index < -0.39 is 7.60 Å². The average molecular weight is 354 g/mol. The van der Waals surface area contributed by atoms with Gasteiger partial charge in [-0.3, -0.25) is 9.56 Å². The van der Waals surface area contributed by atoms with Crippen LogP contribution in [0.2, 0.25) is 0 Å². The predicted octanol–water partition coefficient (Wildman–Crippen LogP) is 3.06. The van der Waals surface area contributed by atoms with Gasteiger partial charge in [0.25, 0.3) is 0 Å². The Morgan fingerprint density at radius 2 is 1.92 bits per heavy atom. The molecule has 0 N–H and O–H groups in total. The van der Waals surface area contributed by atoms with Crippen LogP contribution >= 0.6 is 7.60 Å². The van der Waals surface area contributed by atoms with Gasteiger partial charge in [0.2, 0.25) is 0 Å². The lowest BCUT2D eigenvalue weighted by molar-refractivity contribution is -0.868. The van der Waals surface area contributed by atoms with Gasteiger partial charge in [-0.25, -0.2) is 0 Å². The molecular formula is C18H31N2O3P. The van der Waals surface area contributed by atoms with Gasteiger partial charge in [0.05, 0.1) is 34.2 Å². The molecule has 0 amide bonds. The van der Waals surface area contributed by atoms with Crippen molar-refractivity contribution in [3.05, 3.63) is 29.3 Å². The SMILES string of the molecule is CCP(=O)([O-])Oc1c(C=NCC[N+](C)(C)C)cccc1C(C)(C)C. The van der Waals surface area contributed by atoms with Gasteiger partial charge in [-0.15, -0.1) is 0 Å². The van der Waals surface area contributed by atoms with Crippen LogP contribution in [0.4, 0.5) is 0 Å². The van der Waals surface area contributed by atoms with Gasteiger partial charge in [0.15, 0.2) is 7.60 Å². The quantitative estimate of drug-likeness (QED) is 0.429. The van der Waals surface area contributed by atoms with E-state index in [1.807, 2.05) is 39.0 Å². The maximum absolute atomic E-state index is 12.0. The monoisotopic (exact) mass is 354 g/mol. The molecule has 0 radical (unpaired) electrons.